The van der Waals surface area contributed by atoms with Gasteiger partial charge in [-0.2, -0.15) is 0 Å². The highest BCUT2D eigenvalue weighted by Crippen LogP contribution is 2.08. The van der Waals surface area contributed by atoms with Crippen LogP contribution in [-0.2, 0) is 17.8 Å². The lowest BCUT2D eigenvalue weighted by atomic mass is 10.1. The van der Waals surface area contributed by atoms with Crippen molar-refractivity contribution >= 4 is 29.9 Å². The second kappa shape index (κ2) is 17.3. The number of aliphatic imine (C=N–C) groups is 1. The predicted molar refractivity (Wildman–Crippen MR) is 127 cm³/mol. The third kappa shape index (κ3) is 13.0. The van der Waals surface area contributed by atoms with E-state index < -0.39 is 0 Å². The van der Waals surface area contributed by atoms with Crippen LogP contribution in [0.2, 0.25) is 0 Å². The lowest BCUT2D eigenvalue weighted by Gasteiger charge is -2.14. The van der Waals surface area contributed by atoms with Crippen LogP contribution in [0, 0.1) is 0 Å². The van der Waals surface area contributed by atoms with Crippen LogP contribution >= 0.6 is 24.0 Å². The highest BCUT2D eigenvalue weighted by molar-refractivity contribution is 14.0. The summed E-state index contributed by atoms with van der Waals surface area (Å²) in [4.78, 5) is 7.01. The molecule has 0 fully saturated rings. The molecule has 0 aliphatic rings. The number of rotatable bonds is 13. The maximum atomic E-state index is 5.59. The number of ether oxygens (including phenoxy) is 1. The van der Waals surface area contributed by atoms with Gasteiger partial charge < -0.3 is 20.3 Å². The molecule has 27 heavy (non-hydrogen) atoms. The zero-order valence-electron chi connectivity index (χ0n) is 17.6. The molecule has 156 valence electrons. The number of nitrogens with zero attached hydrogens (tertiary/aromatic N) is 2. The van der Waals surface area contributed by atoms with E-state index in [9.17, 15) is 0 Å². The van der Waals surface area contributed by atoms with E-state index in [0.29, 0.717) is 6.54 Å². The predicted octanol–water partition coefficient (Wildman–Crippen LogP) is 4.02. The molecule has 0 aliphatic heterocycles. The van der Waals surface area contributed by atoms with Gasteiger partial charge in [0.25, 0.3) is 0 Å². The maximum absolute atomic E-state index is 5.59. The second-order valence-electron chi connectivity index (χ2n) is 6.59. The van der Waals surface area contributed by atoms with E-state index in [1.165, 1.54) is 17.5 Å². The summed E-state index contributed by atoms with van der Waals surface area (Å²) >= 11 is 0. The number of unbranched alkanes of at least 4 members (excludes halogenated alkanes) is 1. The summed E-state index contributed by atoms with van der Waals surface area (Å²) in [7, 11) is 2.14. The number of halogens is 1. The van der Waals surface area contributed by atoms with Crippen molar-refractivity contribution in [3.8, 4) is 0 Å². The van der Waals surface area contributed by atoms with Gasteiger partial charge in [-0.25, -0.2) is 4.99 Å². The summed E-state index contributed by atoms with van der Waals surface area (Å²) < 4.78 is 5.59. The normalized spacial score (nSPS) is 11.4. The molecule has 0 radical (unpaired) electrons. The molecular weight excluding hydrogens is 451 g/mol. The van der Waals surface area contributed by atoms with Gasteiger partial charge in [-0.15, -0.1) is 24.0 Å². The summed E-state index contributed by atoms with van der Waals surface area (Å²) in [5, 5.41) is 6.70. The number of hydrogen-bond acceptors (Lipinski definition) is 3. The van der Waals surface area contributed by atoms with Crippen LogP contribution in [0.3, 0.4) is 0 Å². The number of guanidine groups is 1. The minimum absolute atomic E-state index is 0. The fourth-order valence-electron chi connectivity index (χ4n) is 2.49. The van der Waals surface area contributed by atoms with E-state index in [1.54, 1.807) is 0 Å². The van der Waals surface area contributed by atoms with Crippen molar-refractivity contribution in [2.45, 2.75) is 53.1 Å². The highest BCUT2D eigenvalue weighted by atomic mass is 127. The molecule has 0 aliphatic carbocycles. The SMILES string of the molecule is CCCCOCCCNC(=NCc1cccc(CN(C)CC)c1)NCC.I. The molecule has 0 saturated carbocycles. The van der Waals surface area contributed by atoms with Crippen LogP contribution in [0.1, 0.15) is 51.2 Å². The molecule has 0 amide bonds. The Morgan fingerprint density at radius 2 is 1.81 bits per heavy atom. The molecule has 6 heteroatoms. The zero-order valence-corrected chi connectivity index (χ0v) is 19.9. The van der Waals surface area contributed by atoms with Crippen LogP contribution in [0.15, 0.2) is 29.3 Å². The molecule has 0 aromatic heterocycles. The smallest absolute Gasteiger partial charge is 0.191 e. The van der Waals surface area contributed by atoms with E-state index in [0.717, 1.165) is 58.2 Å². The Hall–Kier alpha value is -0.860. The Morgan fingerprint density at radius 3 is 2.52 bits per heavy atom. The van der Waals surface area contributed by atoms with Crippen LogP contribution in [0.4, 0.5) is 0 Å². The van der Waals surface area contributed by atoms with E-state index in [-0.39, 0.29) is 24.0 Å². The standard InChI is InChI=1S/C21H38N4O.HI/c1-5-8-14-26-15-10-13-23-21(22-6-2)24-17-19-11-9-12-20(16-19)18-25(4)7-3;/h9,11-12,16H,5-8,10,13-15,17-18H2,1-4H3,(H2,22,23,24);1H. The number of hydrogen-bond donors (Lipinski definition) is 2. The summed E-state index contributed by atoms with van der Waals surface area (Å²) in [6, 6.07) is 8.70. The number of benzene rings is 1. The van der Waals surface area contributed by atoms with E-state index in [1.807, 2.05) is 0 Å². The minimum Gasteiger partial charge on any atom is -0.381 e. The molecule has 0 unspecified atom stereocenters. The summed E-state index contributed by atoms with van der Waals surface area (Å²) in [6.45, 7) is 12.6. The van der Waals surface area contributed by atoms with Crippen molar-refractivity contribution in [3.63, 3.8) is 0 Å². The molecular formula is C21H39IN4O. The largest absolute Gasteiger partial charge is 0.381 e. The van der Waals surface area contributed by atoms with Crippen LogP contribution in [-0.4, -0.2) is 50.8 Å². The second-order valence-corrected chi connectivity index (χ2v) is 6.59. The van der Waals surface area contributed by atoms with Crippen molar-refractivity contribution in [1.82, 2.24) is 15.5 Å². The van der Waals surface area contributed by atoms with E-state index >= 15 is 0 Å². The molecule has 0 atom stereocenters. The van der Waals surface area contributed by atoms with Crippen molar-refractivity contribution < 1.29 is 4.74 Å². The lowest BCUT2D eigenvalue weighted by molar-refractivity contribution is 0.129. The Kier molecular flexibility index (Phi) is 16.7. The highest BCUT2D eigenvalue weighted by Gasteiger charge is 2.01. The van der Waals surface area contributed by atoms with Gasteiger partial charge in [0.15, 0.2) is 5.96 Å². The number of nitrogens with one attached hydrogen (secondary N) is 2. The fourth-order valence-corrected chi connectivity index (χ4v) is 2.49. The topological polar surface area (TPSA) is 48.9 Å². The quantitative estimate of drug-likeness (QED) is 0.190. The first-order chi connectivity index (χ1) is 12.7. The molecule has 5 nitrogen and oxygen atoms in total. The Bertz CT molecular complexity index is 511. The monoisotopic (exact) mass is 490 g/mol. The van der Waals surface area contributed by atoms with Gasteiger partial charge in [0.2, 0.25) is 0 Å². The van der Waals surface area contributed by atoms with Gasteiger partial charge in [0, 0.05) is 32.8 Å². The molecule has 2 N–H and O–H groups in total. The zero-order chi connectivity index (χ0) is 19.0. The summed E-state index contributed by atoms with van der Waals surface area (Å²) in [5.41, 5.74) is 2.58. The van der Waals surface area contributed by atoms with Gasteiger partial charge in [0.05, 0.1) is 6.54 Å². The van der Waals surface area contributed by atoms with Crippen LogP contribution in [0.5, 0.6) is 0 Å². The van der Waals surface area contributed by atoms with Crippen molar-refractivity contribution in [2.75, 3.05) is 39.9 Å². The lowest BCUT2D eigenvalue weighted by Crippen LogP contribution is -2.38. The first-order valence-electron chi connectivity index (χ1n) is 10.1. The van der Waals surface area contributed by atoms with Crippen molar-refractivity contribution in [3.05, 3.63) is 35.4 Å². The average Bonchev–Trinajstić information content (AvgIpc) is 2.65. The van der Waals surface area contributed by atoms with Crippen molar-refractivity contribution in [2.24, 2.45) is 4.99 Å². The van der Waals surface area contributed by atoms with Gasteiger partial charge >= 0.3 is 0 Å². The molecule has 1 rings (SSSR count). The molecule has 1 aromatic rings. The Balaban J connectivity index is 0.00000676. The third-order valence-electron chi connectivity index (χ3n) is 4.15. The minimum atomic E-state index is 0. The molecule has 1 aromatic carbocycles. The first-order valence-corrected chi connectivity index (χ1v) is 10.1. The third-order valence-corrected chi connectivity index (χ3v) is 4.15. The molecule has 0 saturated heterocycles. The van der Waals surface area contributed by atoms with Gasteiger partial charge in [-0.3, -0.25) is 0 Å². The molecule has 0 spiro atoms. The van der Waals surface area contributed by atoms with Gasteiger partial charge in [0.1, 0.15) is 0 Å². The fraction of sp³-hybridized carbons (Fsp3) is 0.667. The van der Waals surface area contributed by atoms with Gasteiger partial charge in [-0.1, -0.05) is 44.5 Å². The van der Waals surface area contributed by atoms with Crippen LogP contribution < -0.4 is 10.6 Å². The first kappa shape index (κ1) is 26.1. The Morgan fingerprint density at radius 1 is 1.07 bits per heavy atom. The van der Waals surface area contributed by atoms with E-state index in [2.05, 4.69) is 67.6 Å². The summed E-state index contributed by atoms with van der Waals surface area (Å²) in [6.07, 6.45) is 3.32. The van der Waals surface area contributed by atoms with Crippen LogP contribution in [0.25, 0.3) is 0 Å². The average molecular weight is 490 g/mol. The Labute approximate surface area is 183 Å². The summed E-state index contributed by atoms with van der Waals surface area (Å²) in [5.74, 6) is 0.872. The molecule has 0 heterocycles. The van der Waals surface area contributed by atoms with Crippen molar-refractivity contribution in [1.29, 1.82) is 0 Å². The van der Waals surface area contributed by atoms with E-state index in [4.69, 9.17) is 9.73 Å². The van der Waals surface area contributed by atoms with Gasteiger partial charge in [-0.05, 0) is 44.5 Å². The molecule has 0 bridgehead atoms. The maximum Gasteiger partial charge on any atom is 0.191 e.